The summed E-state index contributed by atoms with van der Waals surface area (Å²) in [6, 6.07) is 0. The molecule has 0 radical (unpaired) electrons. The van der Waals surface area contributed by atoms with Gasteiger partial charge >= 0.3 is 8.56 Å². The van der Waals surface area contributed by atoms with E-state index in [0.717, 1.165) is 13.2 Å². The van der Waals surface area contributed by atoms with Gasteiger partial charge in [0.2, 0.25) is 0 Å². The van der Waals surface area contributed by atoms with Crippen molar-refractivity contribution in [2.45, 2.75) is 85.6 Å². The van der Waals surface area contributed by atoms with Crippen LogP contribution in [0.3, 0.4) is 0 Å². The van der Waals surface area contributed by atoms with Gasteiger partial charge in [0.15, 0.2) is 0 Å². The van der Waals surface area contributed by atoms with E-state index in [0.29, 0.717) is 11.8 Å². The molecular weight excluding hydrogens is 288 g/mol. The Labute approximate surface area is 140 Å². The van der Waals surface area contributed by atoms with Crippen LogP contribution < -0.4 is 0 Å². The molecule has 0 aromatic heterocycles. The van der Waals surface area contributed by atoms with E-state index in [1.165, 1.54) is 51.4 Å². The molecule has 2 nitrogen and oxygen atoms in total. The zero-order valence-corrected chi connectivity index (χ0v) is 16.8. The number of rotatable bonds is 15. The predicted molar refractivity (Wildman–Crippen MR) is 100 cm³/mol. The van der Waals surface area contributed by atoms with Crippen LogP contribution in [0.5, 0.6) is 0 Å². The second-order valence-corrected chi connectivity index (χ2v) is 9.69. The molecule has 2 unspecified atom stereocenters. The zero-order chi connectivity index (χ0) is 16.8. The molecule has 0 fully saturated rings. The molecule has 3 heteroatoms. The average molecular weight is 329 g/mol. The quantitative estimate of drug-likeness (QED) is 0.331. The maximum Gasteiger partial charge on any atom is 0.361 e. The summed E-state index contributed by atoms with van der Waals surface area (Å²) in [5.74, 6) is 1.33. The Kier molecular flexibility index (Phi) is 13.3. The van der Waals surface area contributed by atoms with Gasteiger partial charge in [-0.05, 0) is 36.9 Å². The predicted octanol–water partition coefficient (Wildman–Crippen LogP) is 6.25. The van der Waals surface area contributed by atoms with Crippen molar-refractivity contribution in [2.75, 3.05) is 13.2 Å². The summed E-state index contributed by atoms with van der Waals surface area (Å²) in [5.41, 5.74) is 1.95. The van der Waals surface area contributed by atoms with Crippen LogP contribution in [-0.4, -0.2) is 21.8 Å². The topological polar surface area (TPSA) is 18.5 Å². The molecule has 0 aromatic carbocycles. The fourth-order valence-electron chi connectivity index (χ4n) is 2.52. The van der Waals surface area contributed by atoms with Crippen molar-refractivity contribution >= 4 is 8.56 Å². The van der Waals surface area contributed by atoms with E-state index in [-0.39, 0.29) is 0 Å². The van der Waals surface area contributed by atoms with Gasteiger partial charge in [-0.25, -0.2) is 0 Å². The molecule has 0 spiro atoms. The fraction of sp³-hybridized carbons (Fsp3) is 0.895. The maximum absolute atomic E-state index is 6.23. The molecule has 2 atom stereocenters. The highest BCUT2D eigenvalue weighted by atomic mass is 28.4. The molecule has 0 aromatic rings. The first kappa shape index (κ1) is 21.9. The first-order valence-corrected chi connectivity index (χ1v) is 11.9. The number of hydrogen-bond acceptors (Lipinski definition) is 2. The standard InChI is InChI=1S/C19H40O2Si/c1-7-12-14-18(9-3)16-20-22(6,11-5)21-17-19(10-4)15-13-8-2/h11,18-19H,5,7-10,12-17H2,1-4,6H3. The fourth-order valence-corrected chi connectivity index (χ4v) is 3.97. The van der Waals surface area contributed by atoms with Crippen LogP contribution in [0.15, 0.2) is 12.3 Å². The van der Waals surface area contributed by atoms with Crippen LogP contribution in [0, 0.1) is 11.8 Å². The van der Waals surface area contributed by atoms with Crippen molar-refractivity contribution in [3.8, 4) is 0 Å². The van der Waals surface area contributed by atoms with Crippen LogP contribution >= 0.6 is 0 Å². The van der Waals surface area contributed by atoms with Gasteiger partial charge in [0.05, 0.1) is 0 Å². The van der Waals surface area contributed by atoms with Gasteiger partial charge in [0, 0.05) is 13.2 Å². The minimum Gasteiger partial charge on any atom is -0.391 e. The lowest BCUT2D eigenvalue weighted by Crippen LogP contribution is -2.39. The van der Waals surface area contributed by atoms with E-state index >= 15 is 0 Å². The van der Waals surface area contributed by atoms with Crippen LogP contribution in [0.2, 0.25) is 6.55 Å². The van der Waals surface area contributed by atoms with Gasteiger partial charge in [-0.15, -0.1) is 6.58 Å². The summed E-state index contributed by atoms with van der Waals surface area (Å²) in [6.07, 6.45) is 10.0. The summed E-state index contributed by atoms with van der Waals surface area (Å²) in [6.45, 7) is 16.8. The van der Waals surface area contributed by atoms with Gasteiger partial charge in [0.25, 0.3) is 0 Å². The largest absolute Gasteiger partial charge is 0.391 e. The summed E-state index contributed by atoms with van der Waals surface area (Å²) < 4.78 is 12.5. The molecule has 132 valence electrons. The van der Waals surface area contributed by atoms with E-state index in [1.54, 1.807) is 0 Å². The maximum atomic E-state index is 6.23. The third-order valence-corrected chi connectivity index (χ3v) is 6.89. The lowest BCUT2D eigenvalue weighted by atomic mass is 10.0. The molecule has 0 aliphatic carbocycles. The molecule has 0 N–H and O–H groups in total. The summed E-state index contributed by atoms with van der Waals surface area (Å²) >= 11 is 0. The van der Waals surface area contributed by atoms with Gasteiger partial charge < -0.3 is 8.85 Å². The van der Waals surface area contributed by atoms with Crippen molar-refractivity contribution < 1.29 is 8.85 Å². The van der Waals surface area contributed by atoms with Gasteiger partial charge in [0.1, 0.15) is 0 Å². The molecule has 0 saturated carbocycles. The Balaban J connectivity index is 4.28. The van der Waals surface area contributed by atoms with Crippen molar-refractivity contribution in [2.24, 2.45) is 11.8 Å². The lowest BCUT2D eigenvalue weighted by Gasteiger charge is -2.28. The molecule has 0 aliphatic heterocycles. The van der Waals surface area contributed by atoms with E-state index in [2.05, 4.69) is 40.8 Å². The molecular formula is C19H40O2Si. The molecule has 0 heterocycles. The third kappa shape index (κ3) is 9.81. The third-order valence-electron chi connectivity index (χ3n) is 4.67. The van der Waals surface area contributed by atoms with Gasteiger partial charge in [-0.1, -0.05) is 66.2 Å². The summed E-state index contributed by atoms with van der Waals surface area (Å²) in [5, 5.41) is 0. The van der Waals surface area contributed by atoms with E-state index < -0.39 is 8.56 Å². The summed E-state index contributed by atoms with van der Waals surface area (Å²) in [4.78, 5) is 0. The van der Waals surface area contributed by atoms with Crippen LogP contribution in [0.1, 0.15) is 79.1 Å². The Hall–Kier alpha value is -0.123. The Morgan fingerprint density at radius 1 is 0.864 bits per heavy atom. The van der Waals surface area contributed by atoms with Gasteiger partial charge in [-0.2, -0.15) is 0 Å². The second kappa shape index (κ2) is 13.3. The van der Waals surface area contributed by atoms with Crippen molar-refractivity contribution in [1.82, 2.24) is 0 Å². The Bertz CT molecular complexity index is 248. The molecule has 0 rings (SSSR count). The Morgan fingerprint density at radius 2 is 1.27 bits per heavy atom. The summed E-state index contributed by atoms with van der Waals surface area (Å²) in [7, 11) is -2.20. The van der Waals surface area contributed by atoms with Crippen molar-refractivity contribution in [1.29, 1.82) is 0 Å². The SMILES string of the molecule is C=C[Si](C)(OCC(CC)CCCC)OCC(CC)CCCC. The van der Waals surface area contributed by atoms with E-state index in [4.69, 9.17) is 8.85 Å². The minimum atomic E-state index is -2.20. The van der Waals surface area contributed by atoms with E-state index in [1.807, 2.05) is 5.70 Å². The van der Waals surface area contributed by atoms with Crippen molar-refractivity contribution in [3.05, 3.63) is 12.3 Å². The second-order valence-electron chi connectivity index (χ2n) is 6.68. The Morgan fingerprint density at radius 3 is 1.55 bits per heavy atom. The molecule has 0 saturated heterocycles. The zero-order valence-electron chi connectivity index (χ0n) is 15.8. The molecule has 0 amide bonds. The molecule has 0 bridgehead atoms. The molecule has 22 heavy (non-hydrogen) atoms. The van der Waals surface area contributed by atoms with Crippen molar-refractivity contribution in [3.63, 3.8) is 0 Å². The highest BCUT2D eigenvalue weighted by Crippen LogP contribution is 2.20. The van der Waals surface area contributed by atoms with Gasteiger partial charge in [-0.3, -0.25) is 0 Å². The average Bonchev–Trinajstić information content (AvgIpc) is 2.55. The van der Waals surface area contributed by atoms with Crippen LogP contribution in [0.4, 0.5) is 0 Å². The van der Waals surface area contributed by atoms with Crippen LogP contribution in [-0.2, 0) is 8.85 Å². The number of unbranched alkanes of at least 4 members (excludes halogenated alkanes) is 2. The smallest absolute Gasteiger partial charge is 0.361 e. The normalized spacial score (nSPS) is 17.0. The minimum absolute atomic E-state index is 0.664. The number of hydrogen-bond donors (Lipinski definition) is 0. The first-order chi connectivity index (χ1) is 10.5. The highest BCUT2D eigenvalue weighted by molar-refractivity contribution is 6.71. The van der Waals surface area contributed by atoms with E-state index in [9.17, 15) is 0 Å². The monoisotopic (exact) mass is 328 g/mol. The lowest BCUT2D eigenvalue weighted by molar-refractivity contribution is 0.131. The molecule has 0 aliphatic rings. The first-order valence-electron chi connectivity index (χ1n) is 9.46. The highest BCUT2D eigenvalue weighted by Gasteiger charge is 2.29. The van der Waals surface area contributed by atoms with Crippen LogP contribution in [0.25, 0.3) is 0 Å².